The number of rotatable bonds is 4. The second-order valence-corrected chi connectivity index (χ2v) is 5.34. The minimum absolute atomic E-state index is 0.0509. The third kappa shape index (κ3) is 2.41. The van der Waals surface area contributed by atoms with E-state index in [1.165, 1.54) is 12.8 Å². The van der Waals surface area contributed by atoms with Crippen LogP contribution in [-0.2, 0) is 6.54 Å². The summed E-state index contributed by atoms with van der Waals surface area (Å²) in [6, 6.07) is 9.97. The molecule has 0 aliphatic carbocycles. The third-order valence-corrected chi connectivity index (χ3v) is 4.02. The van der Waals surface area contributed by atoms with Crippen molar-refractivity contribution in [2.75, 3.05) is 24.6 Å². The van der Waals surface area contributed by atoms with E-state index >= 15 is 0 Å². The van der Waals surface area contributed by atoms with E-state index in [4.69, 9.17) is 16.6 Å². The van der Waals surface area contributed by atoms with Gasteiger partial charge >= 0.3 is 0 Å². The fourth-order valence-electron chi connectivity index (χ4n) is 2.66. The molecule has 0 bridgehead atoms. The number of anilines is 1. The van der Waals surface area contributed by atoms with Crippen molar-refractivity contribution < 1.29 is 5.11 Å². The maximum atomic E-state index is 9.27. The first-order valence-electron chi connectivity index (χ1n) is 6.98. The number of aliphatic hydroxyl groups excluding tert-OH is 1. The predicted molar refractivity (Wildman–Crippen MR) is 81.2 cm³/mol. The molecule has 0 unspecified atom stereocenters. The average Bonchev–Trinajstić information content (AvgIpc) is 3.10. The largest absolute Gasteiger partial charge is 0.395 e. The monoisotopic (exact) mass is 291 g/mol. The van der Waals surface area contributed by atoms with Crippen LogP contribution in [0.1, 0.15) is 12.8 Å². The van der Waals surface area contributed by atoms with Crippen LogP contribution in [0.25, 0.3) is 11.4 Å². The number of imidazole rings is 1. The number of aliphatic hydroxyl groups is 1. The number of hydrogen-bond acceptors (Lipinski definition) is 3. The molecule has 2 heterocycles. The lowest BCUT2D eigenvalue weighted by Gasteiger charge is -2.14. The van der Waals surface area contributed by atoms with Gasteiger partial charge in [-0.05, 0) is 12.8 Å². The normalized spacial score (nSPS) is 15.0. The number of hydrogen-bond donors (Lipinski definition) is 1. The van der Waals surface area contributed by atoms with Gasteiger partial charge in [0.05, 0.1) is 6.61 Å². The first kappa shape index (κ1) is 13.5. The van der Waals surface area contributed by atoms with Crippen molar-refractivity contribution in [2.24, 2.45) is 0 Å². The highest BCUT2D eigenvalue weighted by Crippen LogP contribution is 2.33. The molecule has 1 saturated heterocycles. The first-order valence-corrected chi connectivity index (χ1v) is 7.36. The predicted octanol–water partition coefficient (Wildman–Crippen LogP) is 2.80. The molecule has 1 N–H and O–H groups in total. The molecule has 3 rings (SSSR count). The van der Waals surface area contributed by atoms with E-state index in [2.05, 4.69) is 4.90 Å². The Labute approximate surface area is 123 Å². The van der Waals surface area contributed by atoms with Crippen molar-refractivity contribution in [1.29, 1.82) is 0 Å². The van der Waals surface area contributed by atoms with E-state index in [1.54, 1.807) is 0 Å². The van der Waals surface area contributed by atoms with Crippen LogP contribution in [0.5, 0.6) is 0 Å². The van der Waals surface area contributed by atoms with Gasteiger partial charge in [-0.2, -0.15) is 0 Å². The van der Waals surface area contributed by atoms with Gasteiger partial charge in [0.2, 0.25) is 0 Å². The molecule has 1 aliphatic rings. The second kappa shape index (κ2) is 5.85. The number of benzene rings is 1. The van der Waals surface area contributed by atoms with Crippen molar-refractivity contribution in [2.45, 2.75) is 19.4 Å². The van der Waals surface area contributed by atoms with E-state index in [-0.39, 0.29) is 6.61 Å². The molecule has 5 heteroatoms. The lowest BCUT2D eigenvalue weighted by molar-refractivity contribution is 0.277. The lowest BCUT2D eigenvalue weighted by atomic mass is 10.2. The molecule has 2 aromatic rings. The zero-order valence-electron chi connectivity index (χ0n) is 11.3. The molecule has 1 aliphatic heterocycles. The van der Waals surface area contributed by atoms with Crippen LogP contribution in [0.2, 0.25) is 5.15 Å². The molecular formula is C15H18ClN3O. The summed E-state index contributed by atoms with van der Waals surface area (Å²) in [4.78, 5) is 6.95. The third-order valence-electron chi connectivity index (χ3n) is 3.65. The Hall–Kier alpha value is -1.52. The molecule has 0 amide bonds. The van der Waals surface area contributed by atoms with E-state index in [0.717, 1.165) is 30.3 Å². The summed E-state index contributed by atoms with van der Waals surface area (Å²) < 4.78 is 1.89. The highest BCUT2D eigenvalue weighted by atomic mass is 35.5. The Bertz CT molecular complexity index is 576. The van der Waals surface area contributed by atoms with E-state index in [1.807, 2.05) is 34.9 Å². The zero-order valence-corrected chi connectivity index (χ0v) is 12.1. The van der Waals surface area contributed by atoms with Crippen LogP contribution < -0.4 is 4.90 Å². The number of aromatic nitrogens is 2. The van der Waals surface area contributed by atoms with Crippen LogP contribution in [0.3, 0.4) is 0 Å². The highest BCUT2D eigenvalue weighted by molar-refractivity contribution is 6.32. The maximum absolute atomic E-state index is 9.27. The fraction of sp³-hybridized carbons (Fsp3) is 0.400. The van der Waals surface area contributed by atoms with E-state index in [0.29, 0.717) is 11.7 Å². The summed E-state index contributed by atoms with van der Waals surface area (Å²) in [7, 11) is 0. The number of halogens is 1. The van der Waals surface area contributed by atoms with E-state index < -0.39 is 0 Å². The molecule has 0 atom stereocenters. The summed E-state index contributed by atoms with van der Waals surface area (Å²) in [5, 5.41) is 9.89. The van der Waals surface area contributed by atoms with Crippen molar-refractivity contribution >= 4 is 17.4 Å². The summed E-state index contributed by atoms with van der Waals surface area (Å²) in [6.45, 7) is 2.52. The summed E-state index contributed by atoms with van der Waals surface area (Å²) in [5.74, 6) is 1.67. The first-order chi connectivity index (χ1) is 9.81. The van der Waals surface area contributed by atoms with Crippen LogP contribution in [0.4, 0.5) is 5.82 Å². The summed E-state index contributed by atoms with van der Waals surface area (Å²) in [5.41, 5.74) is 1.02. The molecule has 1 fully saturated rings. The average molecular weight is 292 g/mol. The SMILES string of the molecule is OCCn1c(-c2ccccc2)nc(N2CCCC2)c1Cl. The Balaban J connectivity index is 2.06. The van der Waals surface area contributed by atoms with Gasteiger partial charge in [-0.15, -0.1) is 0 Å². The van der Waals surface area contributed by atoms with Crippen LogP contribution >= 0.6 is 11.6 Å². The minimum atomic E-state index is 0.0509. The minimum Gasteiger partial charge on any atom is -0.395 e. The molecule has 1 aromatic carbocycles. The lowest BCUT2D eigenvalue weighted by Crippen LogP contribution is -2.18. The molecule has 1 aromatic heterocycles. The second-order valence-electron chi connectivity index (χ2n) is 4.99. The van der Waals surface area contributed by atoms with Crippen molar-refractivity contribution in [3.05, 3.63) is 35.5 Å². The molecule has 4 nitrogen and oxygen atoms in total. The molecular weight excluding hydrogens is 274 g/mol. The van der Waals surface area contributed by atoms with Crippen LogP contribution in [0.15, 0.2) is 30.3 Å². The zero-order chi connectivity index (χ0) is 13.9. The van der Waals surface area contributed by atoms with Gasteiger partial charge in [0.25, 0.3) is 0 Å². The van der Waals surface area contributed by atoms with Crippen molar-refractivity contribution in [3.63, 3.8) is 0 Å². The Morgan fingerprint density at radius 2 is 1.85 bits per heavy atom. The van der Waals surface area contributed by atoms with Crippen molar-refractivity contribution in [3.8, 4) is 11.4 Å². The topological polar surface area (TPSA) is 41.3 Å². The molecule has 20 heavy (non-hydrogen) atoms. The van der Waals surface area contributed by atoms with Crippen LogP contribution in [-0.4, -0.2) is 34.4 Å². The quantitative estimate of drug-likeness (QED) is 0.942. The highest BCUT2D eigenvalue weighted by Gasteiger charge is 2.23. The van der Waals surface area contributed by atoms with Gasteiger partial charge in [-0.3, -0.25) is 0 Å². The Morgan fingerprint density at radius 3 is 2.50 bits per heavy atom. The molecule has 0 spiro atoms. The summed E-state index contributed by atoms with van der Waals surface area (Å²) in [6.07, 6.45) is 2.37. The molecule has 0 radical (unpaired) electrons. The van der Waals surface area contributed by atoms with Gasteiger partial charge in [-0.1, -0.05) is 41.9 Å². The summed E-state index contributed by atoms with van der Waals surface area (Å²) >= 11 is 6.49. The fourth-order valence-corrected chi connectivity index (χ4v) is 2.99. The van der Waals surface area contributed by atoms with Crippen molar-refractivity contribution in [1.82, 2.24) is 9.55 Å². The van der Waals surface area contributed by atoms with E-state index in [9.17, 15) is 5.11 Å². The molecule has 106 valence electrons. The van der Waals surface area contributed by atoms with Gasteiger partial charge in [-0.25, -0.2) is 4.98 Å². The van der Waals surface area contributed by atoms with Gasteiger partial charge in [0.15, 0.2) is 11.0 Å². The maximum Gasteiger partial charge on any atom is 0.167 e. The Morgan fingerprint density at radius 1 is 1.15 bits per heavy atom. The van der Waals surface area contributed by atoms with Gasteiger partial charge in [0, 0.05) is 25.2 Å². The van der Waals surface area contributed by atoms with Gasteiger partial charge in [0.1, 0.15) is 5.82 Å². The smallest absolute Gasteiger partial charge is 0.167 e. The standard InChI is InChI=1S/C15H18ClN3O/c16-13-15(18-8-4-5-9-18)17-14(19(13)10-11-20)12-6-2-1-3-7-12/h1-3,6-7,20H,4-5,8-11H2. The van der Waals surface area contributed by atoms with Crippen LogP contribution in [0, 0.1) is 0 Å². The molecule has 0 saturated carbocycles. The number of nitrogens with zero attached hydrogens (tertiary/aromatic N) is 3. The van der Waals surface area contributed by atoms with Gasteiger partial charge < -0.3 is 14.6 Å². The Kier molecular flexibility index (Phi) is 3.94.